The number of hydrogen-bond donors (Lipinski definition) is 1. The molecule has 0 bridgehead atoms. The van der Waals surface area contributed by atoms with E-state index in [9.17, 15) is 4.79 Å². The summed E-state index contributed by atoms with van der Waals surface area (Å²) in [6.45, 7) is 4.25. The number of anilines is 1. The van der Waals surface area contributed by atoms with Crippen LogP contribution in [0.2, 0.25) is 0 Å². The number of amides is 1. The van der Waals surface area contributed by atoms with Crippen molar-refractivity contribution < 1.29 is 4.79 Å². The van der Waals surface area contributed by atoms with Gasteiger partial charge in [-0.3, -0.25) is 9.69 Å². The minimum Gasteiger partial charge on any atom is -0.367 e. The lowest BCUT2D eigenvalue weighted by molar-refractivity contribution is -0.133. The second kappa shape index (κ2) is 8.21. The predicted molar refractivity (Wildman–Crippen MR) is 101 cm³/mol. The van der Waals surface area contributed by atoms with E-state index in [-0.39, 0.29) is 5.91 Å². The number of likely N-dealkylation sites (tertiary alicyclic amines) is 1. The average molecular weight is 349 g/mol. The Hall–Kier alpha value is -1.27. The molecule has 3 heterocycles. The molecule has 1 aromatic rings. The number of rotatable bonds is 5. The number of piperidine rings is 1. The number of nitrogens with zero attached hydrogens (tertiary/aromatic N) is 3. The molecule has 2 saturated heterocycles. The molecule has 1 N–H and O–H groups in total. The maximum absolute atomic E-state index is 12.5. The van der Waals surface area contributed by atoms with Crippen LogP contribution in [0.4, 0.5) is 5.82 Å². The minimum atomic E-state index is 0.279. The molecule has 0 radical (unpaired) electrons. The van der Waals surface area contributed by atoms with Gasteiger partial charge in [0.1, 0.15) is 5.82 Å². The second-order valence-corrected chi connectivity index (χ2v) is 8.05. The molecule has 0 spiro atoms. The molecule has 1 amide bonds. The Kier molecular flexibility index (Phi) is 6.00. The van der Waals surface area contributed by atoms with Crippen LogP contribution in [0.1, 0.15) is 25.0 Å². The summed E-state index contributed by atoms with van der Waals surface area (Å²) in [5, 5.41) is 3.50. The molecule has 0 aromatic carbocycles. The van der Waals surface area contributed by atoms with Crippen molar-refractivity contribution in [3.8, 4) is 0 Å². The highest BCUT2D eigenvalue weighted by molar-refractivity contribution is 7.99. The van der Waals surface area contributed by atoms with Crippen molar-refractivity contribution in [3.63, 3.8) is 0 Å². The van der Waals surface area contributed by atoms with Gasteiger partial charge >= 0.3 is 0 Å². The van der Waals surface area contributed by atoms with Gasteiger partial charge in [-0.15, -0.1) is 0 Å². The Labute approximate surface area is 149 Å². The monoisotopic (exact) mass is 348 g/mol. The SMILES string of the molecule is Cc1cccc(NC2CCN(C(=O)CN(C)C3CCSC3)CC2)n1. The van der Waals surface area contributed by atoms with Gasteiger partial charge in [-0.1, -0.05) is 6.07 Å². The lowest BCUT2D eigenvalue weighted by Crippen LogP contribution is -2.47. The summed E-state index contributed by atoms with van der Waals surface area (Å²) in [5.41, 5.74) is 1.03. The minimum absolute atomic E-state index is 0.279. The fraction of sp³-hybridized carbons (Fsp3) is 0.667. The van der Waals surface area contributed by atoms with E-state index in [0.29, 0.717) is 18.6 Å². The number of aryl methyl sites for hydroxylation is 1. The van der Waals surface area contributed by atoms with E-state index in [1.807, 2.05) is 41.8 Å². The van der Waals surface area contributed by atoms with Crippen molar-refractivity contribution in [3.05, 3.63) is 23.9 Å². The quantitative estimate of drug-likeness (QED) is 0.884. The van der Waals surface area contributed by atoms with Gasteiger partial charge in [-0.25, -0.2) is 4.98 Å². The van der Waals surface area contributed by atoms with Gasteiger partial charge in [0.2, 0.25) is 5.91 Å². The molecule has 1 aromatic heterocycles. The largest absolute Gasteiger partial charge is 0.367 e. The number of thioether (sulfide) groups is 1. The second-order valence-electron chi connectivity index (χ2n) is 6.90. The summed E-state index contributed by atoms with van der Waals surface area (Å²) in [4.78, 5) is 21.3. The molecular formula is C18H28N4OS. The highest BCUT2D eigenvalue weighted by Crippen LogP contribution is 2.21. The van der Waals surface area contributed by atoms with Gasteiger partial charge in [0.15, 0.2) is 0 Å². The van der Waals surface area contributed by atoms with Gasteiger partial charge < -0.3 is 10.2 Å². The topological polar surface area (TPSA) is 48.5 Å². The van der Waals surface area contributed by atoms with E-state index in [2.05, 4.69) is 22.2 Å². The maximum Gasteiger partial charge on any atom is 0.236 e. The molecule has 6 heteroatoms. The lowest BCUT2D eigenvalue weighted by atomic mass is 10.0. The third-order valence-electron chi connectivity index (χ3n) is 5.00. The number of nitrogens with one attached hydrogen (secondary N) is 1. The number of pyridine rings is 1. The van der Waals surface area contributed by atoms with Crippen LogP contribution in [0.3, 0.4) is 0 Å². The third-order valence-corrected chi connectivity index (χ3v) is 6.15. The van der Waals surface area contributed by atoms with Crippen LogP contribution in [0.15, 0.2) is 18.2 Å². The summed E-state index contributed by atoms with van der Waals surface area (Å²) in [5.74, 6) is 3.62. The van der Waals surface area contributed by atoms with Gasteiger partial charge in [0, 0.05) is 36.6 Å². The number of carbonyl (C=O) groups is 1. The smallest absolute Gasteiger partial charge is 0.236 e. The summed E-state index contributed by atoms with van der Waals surface area (Å²) in [6.07, 6.45) is 3.19. The number of hydrogen-bond acceptors (Lipinski definition) is 5. The normalized spacial score (nSPS) is 22.1. The Balaban J connectivity index is 1.43. The van der Waals surface area contributed by atoms with Crippen LogP contribution in [-0.2, 0) is 4.79 Å². The fourth-order valence-corrected chi connectivity index (χ4v) is 4.72. The van der Waals surface area contributed by atoms with Crippen molar-refractivity contribution in [2.75, 3.05) is 43.5 Å². The van der Waals surface area contributed by atoms with Gasteiger partial charge in [0.05, 0.1) is 6.54 Å². The van der Waals surface area contributed by atoms with Crippen LogP contribution in [0.25, 0.3) is 0 Å². The summed E-state index contributed by atoms with van der Waals surface area (Å²) >= 11 is 1.99. The van der Waals surface area contributed by atoms with Crippen LogP contribution >= 0.6 is 11.8 Å². The number of carbonyl (C=O) groups excluding carboxylic acids is 1. The van der Waals surface area contributed by atoms with Crippen molar-refractivity contribution in [2.24, 2.45) is 0 Å². The Bertz CT molecular complexity index is 554. The van der Waals surface area contributed by atoms with E-state index in [0.717, 1.165) is 37.4 Å². The van der Waals surface area contributed by atoms with Gasteiger partial charge in [0.25, 0.3) is 0 Å². The Morgan fingerprint density at radius 3 is 2.83 bits per heavy atom. The highest BCUT2D eigenvalue weighted by atomic mass is 32.2. The first-order valence-electron chi connectivity index (χ1n) is 8.88. The van der Waals surface area contributed by atoms with E-state index in [1.165, 1.54) is 17.9 Å². The summed E-state index contributed by atoms with van der Waals surface area (Å²) in [7, 11) is 2.09. The molecule has 1 unspecified atom stereocenters. The molecule has 0 saturated carbocycles. The Morgan fingerprint density at radius 1 is 1.38 bits per heavy atom. The van der Waals surface area contributed by atoms with Gasteiger partial charge in [-0.05, 0) is 51.1 Å². The van der Waals surface area contributed by atoms with E-state index in [1.54, 1.807) is 0 Å². The molecule has 24 heavy (non-hydrogen) atoms. The molecule has 2 aliphatic rings. The van der Waals surface area contributed by atoms with Crippen molar-refractivity contribution in [1.82, 2.24) is 14.8 Å². The van der Waals surface area contributed by atoms with Gasteiger partial charge in [-0.2, -0.15) is 11.8 Å². The molecular weight excluding hydrogens is 320 g/mol. The number of aromatic nitrogens is 1. The third kappa shape index (κ3) is 4.63. The molecule has 2 fully saturated rings. The van der Waals surface area contributed by atoms with Crippen LogP contribution < -0.4 is 5.32 Å². The molecule has 2 aliphatic heterocycles. The van der Waals surface area contributed by atoms with Crippen molar-refractivity contribution in [1.29, 1.82) is 0 Å². The van der Waals surface area contributed by atoms with Crippen LogP contribution in [0, 0.1) is 6.92 Å². The highest BCUT2D eigenvalue weighted by Gasteiger charge is 2.26. The van der Waals surface area contributed by atoms with E-state index >= 15 is 0 Å². The van der Waals surface area contributed by atoms with E-state index in [4.69, 9.17) is 0 Å². The maximum atomic E-state index is 12.5. The Morgan fingerprint density at radius 2 is 2.17 bits per heavy atom. The summed E-state index contributed by atoms with van der Waals surface area (Å²) in [6, 6.07) is 7.03. The van der Waals surface area contributed by atoms with Crippen molar-refractivity contribution in [2.45, 2.75) is 38.3 Å². The zero-order chi connectivity index (χ0) is 16.9. The lowest BCUT2D eigenvalue weighted by Gasteiger charge is -2.34. The molecule has 3 rings (SSSR count). The van der Waals surface area contributed by atoms with Crippen LogP contribution in [0.5, 0.6) is 0 Å². The molecule has 0 aliphatic carbocycles. The first kappa shape index (κ1) is 17.5. The summed E-state index contributed by atoms with van der Waals surface area (Å²) < 4.78 is 0. The fourth-order valence-electron chi connectivity index (χ4n) is 3.42. The number of likely N-dealkylation sites (N-methyl/N-ethyl adjacent to an activating group) is 1. The van der Waals surface area contributed by atoms with Crippen molar-refractivity contribution >= 4 is 23.5 Å². The van der Waals surface area contributed by atoms with E-state index < -0.39 is 0 Å². The molecule has 132 valence electrons. The first-order chi connectivity index (χ1) is 11.6. The zero-order valence-electron chi connectivity index (χ0n) is 14.7. The molecule has 5 nitrogen and oxygen atoms in total. The standard InChI is InChI=1S/C18H28N4OS/c1-14-4-3-5-17(19-14)20-15-6-9-22(10-7-15)18(23)12-21(2)16-8-11-24-13-16/h3-5,15-16H,6-13H2,1-2H3,(H,19,20). The van der Waals surface area contributed by atoms with Crippen LogP contribution in [-0.4, -0.2) is 71.0 Å². The zero-order valence-corrected chi connectivity index (χ0v) is 15.5. The average Bonchev–Trinajstić information content (AvgIpc) is 3.10. The predicted octanol–water partition coefficient (Wildman–Crippen LogP) is 2.23. The molecule has 1 atom stereocenters. The first-order valence-corrected chi connectivity index (χ1v) is 10.0.